The van der Waals surface area contributed by atoms with Crippen molar-refractivity contribution in [1.29, 1.82) is 0 Å². The number of rotatable bonds is 40. The van der Waals surface area contributed by atoms with Gasteiger partial charge < -0.3 is 65.1 Å². The molecule has 0 aromatic carbocycles. The molecule has 0 aromatic rings. The molecule has 64 heavy (non-hydrogen) atoms. The van der Waals surface area contributed by atoms with E-state index in [1.807, 2.05) is 6.08 Å². The van der Waals surface area contributed by atoms with E-state index in [9.17, 15) is 45.6 Å². The molecule has 14 heteroatoms. The van der Waals surface area contributed by atoms with E-state index >= 15 is 0 Å². The van der Waals surface area contributed by atoms with Crippen LogP contribution in [-0.4, -0.2) is 140 Å². The van der Waals surface area contributed by atoms with E-state index in [1.165, 1.54) is 141 Å². The molecular formula is C50H95NO13. The molecule has 1 amide bonds. The summed E-state index contributed by atoms with van der Waals surface area (Å²) >= 11 is 0. The van der Waals surface area contributed by atoms with Gasteiger partial charge in [0.1, 0.15) is 48.8 Å². The predicted molar refractivity (Wildman–Crippen MR) is 249 cm³/mol. The first-order chi connectivity index (χ1) is 31.1. The van der Waals surface area contributed by atoms with Crippen LogP contribution in [0.15, 0.2) is 12.2 Å². The van der Waals surface area contributed by atoms with Crippen molar-refractivity contribution in [2.75, 3.05) is 19.8 Å². The number of amides is 1. The maximum Gasteiger partial charge on any atom is 0.220 e. The molecule has 378 valence electrons. The highest BCUT2D eigenvalue weighted by molar-refractivity contribution is 5.76. The molecule has 0 spiro atoms. The smallest absolute Gasteiger partial charge is 0.220 e. The van der Waals surface area contributed by atoms with Crippen LogP contribution in [0.5, 0.6) is 0 Å². The van der Waals surface area contributed by atoms with E-state index in [1.54, 1.807) is 6.08 Å². The molecule has 12 atom stereocenters. The molecule has 2 aliphatic heterocycles. The van der Waals surface area contributed by atoms with Gasteiger partial charge in [-0.15, -0.1) is 0 Å². The molecule has 2 heterocycles. The van der Waals surface area contributed by atoms with Gasteiger partial charge in [0.2, 0.25) is 5.91 Å². The van der Waals surface area contributed by atoms with Gasteiger partial charge in [0.15, 0.2) is 12.6 Å². The Hall–Kier alpha value is -1.27. The summed E-state index contributed by atoms with van der Waals surface area (Å²) in [6, 6.07) is -0.907. The SMILES string of the molecule is CCCCCCCCCCCCCCCC/C=C/C(O)C(COC1OC(CO)C(OC2OC(CO)C(O)C(O)C2O)C(O)C1O)NC(=O)CCCCCCCCCCCCCCCC. The second-order valence-electron chi connectivity index (χ2n) is 18.7. The Balaban J connectivity index is 1.85. The van der Waals surface area contributed by atoms with Crippen LogP contribution in [0.1, 0.15) is 206 Å². The maximum atomic E-state index is 13.2. The summed E-state index contributed by atoms with van der Waals surface area (Å²) < 4.78 is 22.7. The molecule has 2 aliphatic rings. The van der Waals surface area contributed by atoms with Gasteiger partial charge in [-0.3, -0.25) is 4.79 Å². The average Bonchev–Trinajstić information content (AvgIpc) is 3.29. The molecule has 9 N–H and O–H groups in total. The van der Waals surface area contributed by atoms with E-state index in [2.05, 4.69) is 19.2 Å². The summed E-state index contributed by atoms with van der Waals surface area (Å²) in [5, 5.41) is 86.7. The van der Waals surface area contributed by atoms with Crippen LogP contribution in [0.25, 0.3) is 0 Å². The zero-order chi connectivity index (χ0) is 46.8. The standard InChI is InChI=1S/C50H95NO13/c1-3-5-7-9-11-13-15-17-19-20-21-23-25-27-29-31-33-39(54)38(51-42(55)34-32-30-28-26-24-22-18-16-14-12-10-8-6-4-2)37-61-49-47(60)45(58)48(41(36-53)63-49)64-50-46(59)44(57)43(56)40(35-52)62-50/h31,33,38-41,43-50,52-54,56-60H,3-30,32,34-37H2,1-2H3,(H,51,55)/b33-31+. The zero-order valence-electron chi connectivity index (χ0n) is 40.0. The van der Waals surface area contributed by atoms with Crippen molar-refractivity contribution in [3.05, 3.63) is 12.2 Å². The minimum absolute atomic E-state index is 0.238. The zero-order valence-corrected chi connectivity index (χ0v) is 40.0. The van der Waals surface area contributed by atoms with E-state index in [4.69, 9.17) is 18.9 Å². The van der Waals surface area contributed by atoms with Crippen LogP contribution in [0, 0.1) is 0 Å². The van der Waals surface area contributed by atoms with Gasteiger partial charge in [-0.05, 0) is 19.3 Å². The molecule has 12 unspecified atom stereocenters. The quantitative estimate of drug-likeness (QED) is 0.0229. The molecule has 2 rings (SSSR count). The minimum atomic E-state index is -1.78. The number of nitrogens with one attached hydrogen (secondary N) is 1. The van der Waals surface area contributed by atoms with Gasteiger partial charge in [-0.25, -0.2) is 0 Å². The van der Waals surface area contributed by atoms with E-state index in [-0.39, 0.29) is 18.9 Å². The summed E-state index contributed by atoms with van der Waals surface area (Å²) in [4.78, 5) is 13.2. The van der Waals surface area contributed by atoms with Crippen molar-refractivity contribution in [3.8, 4) is 0 Å². The average molecular weight is 918 g/mol. The summed E-state index contributed by atoms with van der Waals surface area (Å²) in [6.07, 6.45) is 22.4. The molecule has 2 saturated heterocycles. The van der Waals surface area contributed by atoms with Gasteiger partial charge in [0, 0.05) is 6.42 Å². The Bertz CT molecular complexity index is 1130. The van der Waals surface area contributed by atoms with E-state index < -0.39 is 86.8 Å². The number of carbonyl (C=O) groups is 1. The Morgan fingerprint density at radius 3 is 1.44 bits per heavy atom. The van der Waals surface area contributed by atoms with Crippen molar-refractivity contribution in [2.45, 2.75) is 280 Å². The normalized spacial score (nSPS) is 27.3. The third kappa shape index (κ3) is 24.7. The first kappa shape index (κ1) is 58.9. The first-order valence-corrected chi connectivity index (χ1v) is 25.9. The lowest BCUT2D eigenvalue weighted by Gasteiger charge is -2.46. The number of ether oxygens (including phenoxy) is 4. The summed E-state index contributed by atoms with van der Waals surface area (Å²) in [5.41, 5.74) is 0. The Kier molecular flexibility index (Phi) is 34.7. The van der Waals surface area contributed by atoms with E-state index in [0.29, 0.717) is 6.42 Å². The maximum absolute atomic E-state index is 13.2. The Morgan fingerprint density at radius 2 is 0.969 bits per heavy atom. The van der Waals surface area contributed by atoms with Gasteiger partial charge in [0.25, 0.3) is 0 Å². The molecule has 0 bridgehead atoms. The predicted octanol–water partition coefficient (Wildman–Crippen LogP) is 6.77. The van der Waals surface area contributed by atoms with Crippen molar-refractivity contribution >= 4 is 5.91 Å². The van der Waals surface area contributed by atoms with Gasteiger partial charge in [-0.2, -0.15) is 0 Å². The molecular weight excluding hydrogens is 823 g/mol. The monoisotopic (exact) mass is 918 g/mol. The molecule has 14 nitrogen and oxygen atoms in total. The number of unbranched alkanes of at least 4 members (excludes halogenated alkanes) is 27. The highest BCUT2D eigenvalue weighted by atomic mass is 16.7. The number of hydrogen-bond donors (Lipinski definition) is 9. The van der Waals surface area contributed by atoms with Crippen molar-refractivity contribution in [2.24, 2.45) is 0 Å². The number of hydrogen-bond acceptors (Lipinski definition) is 13. The fraction of sp³-hybridized carbons (Fsp3) is 0.940. The van der Waals surface area contributed by atoms with Crippen LogP contribution in [0.2, 0.25) is 0 Å². The molecule has 0 aromatic heterocycles. The van der Waals surface area contributed by atoms with Gasteiger partial charge in [0.05, 0.1) is 32.0 Å². The Morgan fingerprint density at radius 1 is 0.547 bits per heavy atom. The van der Waals surface area contributed by atoms with Crippen LogP contribution in [0.3, 0.4) is 0 Å². The fourth-order valence-corrected chi connectivity index (χ4v) is 8.70. The van der Waals surface area contributed by atoms with Crippen molar-refractivity contribution < 1.29 is 64.6 Å². The fourth-order valence-electron chi connectivity index (χ4n) is 8.70. The topological polar surface area (TPSA) is 228 Å². The largest absolute Gasteiger partial charge is 0.394 e. The highest BCUT2D eigenvalue weighted by Gasteiger charge is 2.51. The number of carbonyl (C=O) groups excluding carboxylic acids is 1. The number of aliphatic hydroxyl groups is 8. The first-order valence-electron chi connectivity index (χ1n) is 25.9. The Labute approximate surface area is 386 Å². The number of aliphatic hydroxyl groups excluding tert-OH is 8. The lowest BCUT2D eigenvalue weighted by Crippen LogP contribution is -2.65. The molecule has 2 fully saturated rings. The van der Waals surface area contributed by atoms with Gasteiger partial charge in [-0.1, -0.05) is 193 Å². The van der Waals surface area contributed by atoms with Crippen molar-refractivity contribution in [3.63, 3.8) is 0 Å². The summed E-state index contributed by atoms with van der Waals surface area (Å²) in [7, 11) is 0. The lowest BCUT2D eigenvalue weighted by molar-refractivity contribution is -0.359. The van der Waals surface area contributed by atoms with Crippen LogP contribution in [0.4, 0.5) is 0 Å². The minimum Gasteiger partial charge on any atom is -0.394 e. The summed E-state index contributed by atoms with van der Waals surface area (Å²) in [6.45, 7) is 2.79. The van der Waals surface area contributed by atoms with Crippen LogP contribution >= 0.6 is 0 Å². The second-order valence-corrected chi connectivity index (χ2v) is 18.7. The summed E-state index contributed by atoms with van der Waals surface area (Å²) in [5.74, 6) is -0.238. The molecule has 0 aliphatic carbocycles. The second kappa shape index (κ2) is 37.7. The van der Waals surface area contributed by atoms with E-state index in [0.717, 1.165) is 38.5 Å². The third-order valence-electron chi connectivity index (χ3n) is 13.0. The molecule has 0 radical (unpaired) electrons. The van der Waals surface area contributed by atoms with Crippen LogP contribution in [-0.2, 0) is 23.7 Å². The van der Waals surface area contributed by atoms with Crippen LogP contribution < -0.4 is 5.32 Å². The lowest BCUT2D eigenvalue weighted by atomic mass is 9.97. The number of allylic oxidation sites excluding steroid dienone is 1. The highest BCUT2D eigenvalue weighted by Crippen LogP contribution is 2.30. The van der Waals surface area contributed by atoms with Gasteiger partial charge >= 0.3 is 0 Å². The van der Waals surface area contributed by atoms with Crippen molar-refractivity contribution in [1.82, 2.24) is 5.32 Å². The third-order valence-corrected chi connectivity index (χ3v) is 13.0. The molecule has 0 saturated carbocycles.